The maximum Gasteiger partial charge on any atom is 0.534 e. The van der Waals surface area contributed by atoms with Gasteiger partial charge in [-0.3, -0.25) is 9.63 Å². The predicted molar refractivity (Wildman–Crippen MR) is 106 cm³/mol. The van der Waals surface area contributed by atoms with E-state index in [1.165, 1.54) is 0 Å². The van der Waals surface area contributed by atoms with Gasteiger partial charge in [-0.05, 0) is 59.2 Å². The number of benzene rings is 1. The van der Waals surface area contributed by atoms with Crippen molar-refractivity contribution in [2.45, 2.75) is 65.2 Å². The van der Waals surface area contributed by atoms with Gasteiger partial charge in [0.15, 0.2) is 0 Å². The summed E-state index contributed by atoms with van der Waals surface area (Å²) in [6.45, 7) is 10.2. The second-order valence-corrected chi connectivity index (χ2v) is 9.28. The highest BCUT2D eigenvalue weighted by molar-refractivity contribution is 9.10. The van der Waals surface area contributed by atoms with Crippen molar-refractivity contribution in [3.8, 4) is 0 Å². The molecule has 0 radical (unpaired) electrons. The summed E-state index contributed by atoms with van der Waals surface area (Å²) in [7, 11) is 0. The fourth-order valence-corrected chi connectivity index (χ4v) is 2.82. The Morgan fingerprint density at radius 2 is 1.71 bits per heavy atom. The molecule has 0 aromatic heterocycles. The molecule has 154 valence electrons. The first-order valence-corrected chi connectivity index (χ1v) is 9.57. The summed E-state index contributed by atoms with van der Waals surface area (Å²) in [5.74, 6) is -0.609. The Labute approximate surface area is 172 Å². The van der Waals surface area contributed by atoms with Crippen LogP contribution in [0.4, 0.5) is 15.3 Å². The summed E-state index contributed by atoms with van der Waals surface area (Å²) in [6.07, 6.45) is -1.53. The molecule has 2 rings (SSSR count). The Morgan fingerprint density at radius 3 is 2.29 bits per heavy atom. The van der Waals surface area contributed by atoms with E-state index in [-0.39, 0.29) is 6.42 Å². The van der Waals surface area contributed by atoms with Crippen molar-refractivity contribution in [2.24, 2.45) is 0 Å². The van der Waals surface area contributed by atoms with Crippen LogP contribution in [0, 0.1) is 0 Å². The van der Waals surface area contributed by atoms with Crippen LogP contribution in [0.1, 0.15) is 47.1 Å². The minimum Gasteiger partial charge on any atom is -0.444 e. The third kappa shape index (κ3) is 6.12. The topological polar surface area (TPSA) is 94.2 Å². The Morgan fingerprint density at radius 1 is 1.11 bits per heavy atom. The van der Waals surface area contributed by atoms with Gasteiger partial charge < -0.3 is 14.8 Å². The van der Waals surface area contributed by atoms with Crippen molar-refractivity contribution in [1.29, 1.82) is 0 Å². The van der Waals surface area contributed by atoms with E-state index in [0.717, 1.165) is 5.06 Å². The highest BCUT2D eigenvalue weighted by Crippen LogP contribution is 2.31. The highest BCUT2D eigenvalue weighted by atomic mass is 79.9. The summed E-state index contributed by atoms with van der Waals surface area (Å²) in [5, 5.41) is 3.38. The monoisotopic (exact) mass is 456 g/mol. The van der Waals surface area contributed by atoms with Crippen LogP contribution in [-0.2, 0) is 25.5 Å². The standard InChI is InChI=1S/C19H25BrN2O6/c1-18(2,3)26-16(24)21-13-9-11-7-8-12(20)10-14(11)22(15(13)23)28-17(25)27-19(4,5)6/h7-8,10,13H,9H2,1-6H3,(H,21,24). The number of fused-ring (bicyclic) bond motifs is 1. The molecule has 1 heterocycles. The van der Waals surface area contributed by atoms with Gasteiger partial charge in [0.25, 0.3) is 5.91 Å². The van der Waals surface area contributed by atoms with Crippen molar-refractivity contribution < 1.29 is 28.7 Å². The molecule has 1 aromatic rings. The van der Waals surface area contributed by atoms with Crippen molar-refractivity contribution in [3.05, 3.63) is 28.2 Å². The molecular weight excluding hydrogens is 432 g/mol. The van der Waals surface area contributed by atoms with Gasteiger partial charge in [-0.1, -0.05) is 22.0 Å². The first-order chi connectivity index (χ1) is 12.7. The molecule has 0 saturated heterocycles. The molecular formula is C19H25BrN2O6. The summed E-state index contributed by atoms with van der Waals surface area (Å²) in [6, 6.07) is 4.28. The van der Waals surface area contributed by atoms with E-state index in [0.29, 0.717) is 15.7 Å². The Kier molecular flexibility index (Phi) is 6.27. The zero-order valence-electron chi connectivity index (χ0n) is 16.8. The quantitative estimate of drug-likeness (QED) is 0.673. The number of rotatable bonds is 2. The third-order valence-corrected chi connectivity index (χ3v) is 3.93. The molecule has 0 fully saturated rings. The van der Waals surface area contributed by atoms with Gasteiger partial charge in [0.1, 0.15) is 17.2 Å². The normalized spacial score (nSPS) is 16.9. The zero-order chi connectivity index (χ0) is 21.3. The molecule has 1 unspecified atom stereocenters. The minimum absolute atomic E-state index is 0.231. The lowest BCUT2D eigenvalue weighted by Gasteiger charge is -2.33. The maximum atomic E-state index is 12.9. The van der Waals surface area contributed by atoms with E-state index in [9.17, 15) is 14.4 Å². The Balaban J connectivity index is 2.26. The summed E-state index contributed by atoms with van der Waals surface area (Å²) < 4.78 is 11.1. The number of halogens is 1. The van der Waals surface area contributed by atoms with Crippen LogP contribution in [0.25, 0.3) is 0 Å². The summed E-state index contributed by atoms with van der Waals surface area (Å²) in [5.41, 5.74) is -0.388. The number of amides is 2. The van der Waals surface area contributed by atoms with Crippen LogP contribution in [0.3, 0.4) is 0 Å². The zero-order valence-corrected chi connectivity index (χ0v) is 18.4. The molecule has 0 saturated carbocycles. The number of hydroxylamine groups is 1. The van der Waals surface area contributed by atoms with Gasteiger partial charge in [-0.25, -0.2) is 9.59 Å². The van der Waals surface area contributed by atoms with Gasteiger partial charge in [-0.2, -0.15) is 0 Å². The molecule has 1 aliphatic heterocycles. The van der Waals surface area contributed by atoms with Crippen LogP contribution >= 0.6 is 15.9 Å². The SMILES string of the molecule is CC(C)(C)OC(=O)NC1Cc2ccc(Br)cc2N(OC(=O)OC(C)(C)C)C1=O. The number of hydrogen-bond donors (Lipinski definition) is 1. The van der Waals surface area contributed by atoms with E-state index >= 15 is 0 Å². The maximum absolute atomic E-state index is 12.9. The average molecular weight is 457 g/mol. The van der Waals surface area contributed by atoms with E-state index in [1.54, 1.807) is 59.7 Å². The first kappa shape index (κ1) is 22.0. The Hall–Kier alpha value is -2.29. The fourth-order valence-electron chi connectivity index (χ4n) is 2.47. The minimum atomic E-state index is -1.02. The third-order valence-electron chi connectivity index (χ3n) is 3.43. The van der Waals surface area contributed by atoms with E-state index in [4.69, 9.17) is 14.3 Å². The largest absolute Gasteiger partial charge is 0.534 e. The van der Waals surface area contributed by atoms with Gasteiger partial charge in [0, 0.05) is 10.9 Å². The number of ether oxygens (including phenoxy) is 2. The molecule has 0 bridgehead atoms. The van der Waals surface area contributed by atoms with Crippen LogP contribution < -0.4 is 10.4 Å². The first-order valence-electron chi connectivity index (χ1n) is 8.78. The number of carbonyl (C=O) groups excluding carboxylic acids is 3. The lowest BCUT2D eigenvalue weighted by atomic mass is 9.99. The van der Waals surface area contributed by atoms with Crippen molar-refractivity contribution >= 4 is 39.8 Å². The number of nitrogens with one attached hydrogen (secondary N) is 1. The number of nitrogens with zero attached hydrogens (tertiary/aromatic N) is 1. The number of carbonyl (C=O) groups is 3. The van der Waals surface area contributed by atoms with Crippen LogP contribution in [-0.4, -0.2) is 35.4 Å². The molecule has 1 atom stereocenters. The summed E-state index contributed by atoms with van der Waals surface area (Å²) in [4.78, 5) is 42.3. The number of alkyl carbamates (subject to hydrolysis) is 1. The van der Waals surface area contributed by atoms with Crippen molar-refractivity contribution in [1.82, 2.24) is 5.32 Å². The smallest absolute Gasteiger partial charge is 0.444 e. The van der Waals surface area contributed by atoms with Gasteiger partial charge >= 0.3 is 12.2 Å². The van der Waals surface area contributed by atoms with Gasteiger partial charge in [0.05, 0.1) is 5.69 Å². The lowest BCUT2D eigenvalue weighted by molar-refractivity contribution is -0.128. The average Bonchev–Trinajstić information content (AvgIpc) is 2.48. The second-order valence-electron chi connectivity index (χ2n) is 8.36. The van der Waals surface area contributed by atoms with Gasteiger partial charge in [0.2, 0.25) is 0 Å². The van der Waals surface area contributed by atoms with Crippen LogP contribution in [0.5, 0.6) is 0 Å². The van der Waals surface area contributed by atoms with E-state index < -0.39 is 35.4 Å². The summed E-state index contributed by atoms with van der Waals surface area (Å²) >= 11 is 3.34. The molecule has 1 aliphatic rings. The molecule has 0 spiro atoms. The van der Waals surface area contributed by atoms with Crippen LogP contribution in [0.15, 0.2) is 22.7 Å². The second kappa shape index (κ2) is 7.98. The molecule has 0 aliphatic carbocycles. The van der Waals surface area contributed by atoms with Gasteiger partial charge in [-0.15, -0.1) is 5.06 Å². The molecule has 1 N–H and O–H groups in total. The van der Waals surface area contributed by atoms with E-state index in [1.807, 2.05) is 0 Å². The fraction of sp³-hybridized carbons (Fsp3) is 0.526. The molecule has 28 heavy (non-hydrogen) atoms. The van der Waals surface area contributed by atoms with Crippen LogP contribution in [0.2, 0.25) is 0 Å². The van der Waals surface area contributed by atoms with Crippen molar-refractivity contribution in [2.75, 3.05) is 5.06 Å². The number of hydrogen-bond acceptors (Lipinski definition) is 6. The molecule has 2 amide bonds. The Bertz CT molecular complexity index is 782. The number of anilines is 1. The molecule has 9 heteroatoms. The predicted octanol–water partition coefficient (Wildman–Crippen LogP) is 4.10. The lowest BCUT2D eigenvalue weighted by Crippen LogP contribution is -2.54. The molecule has 8 nitrogen and oxygen atoms in total. The highest BCUT2D eigenvalue weighted by Gasteiger charge is 2.38. The molecule has 1 aromatic carbocycles. The van der Waals surface area contributed by atoms with E-state index in [2.05, 4.69) is 21.2 Å². The van der Waals surface area contributed by atoms with Crippen molar-refractivity contribution in [3.63, 3.8) is 0 Å².